The highest BCUT2D eigenvalue weighted by molar-refractivity contribution is 5.85. The summed E-state index contributed by atoms with van der Waals surface area (Å²) >= 11 is 0. The molecule has 2 atom stereocenters. The Morgan fingerprint density at radius 1 is 1.06 bits per heavy atom. The van der Waals surface area contributed by atoms with Crippen LogP contribution in [0, 0.1) is 17.2 Å². The fourth-order valence-electron chi connectivity index (χ4n) is 4.18. The third-order valence-electron chi connectivity index (χ3n) is 6.23. The van der Waals surface area contributed by atoms with Crippen LogP contribution < -0.4 is 10.6 Å². The summed E-state index contributed by atoms with van der Waals surface area (Å²) in [7, 11) is 0. The average molecular weight is 491 g/mol. The SMILES string of the molecule is CC(C)CC(OC(=O)NCc1ccccc1)C(=O)NC1(C#N)CCC(=O)N(Cc2ccccc2)CC1. The van der Waals surface area contributed by atoms with Crippen LogP contribution in [0.3, 0.4) is 0 Å². The Bertz CT molecular complexity index is 1070. The van der Waals surface area contributed by atoms with Crippen molar-refractivity contribution < 1.29 is 19.1 Å². The quantitative estimate of drug-likeness (QED) is 0.553. The van der Waals surface area contributed by atoms with Crippen LogP contribution in [-0.2, 0) is 27.4 Å². The molecule has 1 aliphatic rings. The van der Waals surface area contributed by atoms with E-state index in [0.29, 0.717) is 25.9 Å². The summed E-state index contributed by atoms with van der Waals surface area (Å²) in [5, 5.41) is 15.5. The van der Waals surface area contributed by atoms with Crippen LogP contribution in [0.4, 0.5) is 4.79 Å². The molecule has 2 unspecified atom stereocenters. The Morgan fingerprint density at radius 3 is 2.31 bits per heavy atom. The topological polar surface area (TPSA) is 112 Å². The molecule has 0 spiro atoms. The predicted molar refractivity (Wildman–Crippen MR) is 135 cm³/mol. The molecule has 0 aromatic heterocycles. The van der Waals surface area contributed by atoms with Gasteiger partial charge in [-0.2, -0.15) is 5.26 Å². The van der Waals surface area contributed by atoms with Crippen molar-refractivity contribution in [1.82, 2.24) is 15.5 Å². The van der Waals surface area contributed by atoms with Crippen molar-refractivity contribution in [3.8, 4) is 6.07 Å². The largest absolute Gasteiger partial charge is 0.436 e. The molecule has 1 heterocycles. The highest BCUT2D eigenvalue weighted by atomic mass is 16.6. The van der Waals surface area contributed by atoms with Crippen molar-refractivity contribution in [3.63, 3.8) is 0 Å². The fourth-order valence-corrected chi connectivity index (χ4v) is 4.18. The third-order valence-corrected chi connectivity index (χ3v) is 6.23. The van der Waals surface area contributed by atoms with Crippen LogP contribution in [0.5, 0.6) is 0 Å². The Labute approximate surface area is 212 Å². The molecule has 1 saturated heterocycles. The number of nitrogens with zero attached hydrogens (tertiary/aromatic N) is 2. The first-order valence-corrected chi connectivity index (χ1v) is 12.3. The highest BCUT2D eigenvalue weighted by Crippen LogP contribution is 2.25. The van der Waals surface area contributed by atoms with Crippen LogP contribution in [0.25, 0.3) is 0 Å². The molecule has 8 heteroatoms. The van der Waals surface area contributed by atoms with E-state index in [2.05, 4.69) is 16.7 Å². The molecule has 3 rings (SSSR count). The standard InChI is InChI=1S/C28H34N4O4/c1-21(2)17-24(36-27(35)30-18-22-9-5-3-6-10-22)26(34)31-28(20-29)14-13-25(33)32(16-15-28)19-23-11-7-4-8-12-23/h3-12,21,24H,13-19H2,1-2H3,(H,30,35)(H,31,34). The smallest absolute Gasteiger partial charge is 0.408 e. The zero-order valence-electron chi connectivity index (χ0n) is 20.9. The normalized spacial score (nSPS) is 18.6. The fraction of sp³-hybridized carbons (Fsp3) is 0.429. The Balaban J connectivity index is 1.63. The van der Waals surface area contributed by atoms with Crippen molar-refractivity contribution in [1.29, 1.82) is 5.26 Å². The molecule has 0 bridgehead atoms. The van der Waals surface area contributed by atoms with Gasteiger partial charge in [0.05, 0.1) is 6.07 Å². The van der Waals surface area contributed by atoms with E-state index in [-0.39, 0.29) is 31.2 Å². The Kier molecular flexibility index (Phi) is 9.46. The molecular formula is C28H34N4O4. The lowest BCUT2D eigenvalue weighted by atomic mass is 9.91. The van der Waals surface area contributed by atoms with Crippen LogP contribution >= 0.6 is 0 Å². The van der Waals surface area contributed by atoms with E-state index in [9.17, 15) is 19.6 Å². The number of ether oxygens (including phenoxy) is 1. The summed E-state index contributed by atoms with van der Waals surface area (Å²) in [5.41, 5.74) is 0.703. The monoisotopic (exact) mass is 490 g/mol. The van der Waals surface area contributed by atoms with E-state index in [1.807, 2.05) is 74.5 Å². The minimum Gasteiger partial charge on any atom is -0.436 e. The lowest BCUT2D eigenvalue weighted by Gasteiger charge is -2.29. The zero-order chi connectivity index (χ0) is 26.0. The van der Waals surface area contributed by atoms with Gasteiger partial charge >= 0.3 is 6.09 Å². The Morgan fingerprint density at radius 2 is 1.69 bits per heavy atom. The summed E-state index contributed by atoms with van der Waals surface area (Å²) < 4.78 is 5.48. The molecule has 0 aliphatic carbocycles. The summed E-state index contributed by atoms with van der Waals surface area (Å²) in [5.74, 6) is -0.498. The predicted octanol–water partition coefficient (Wildman–Crippen LogP) is 3.92. The number of nitrogens with one attached hydrogen (secondary N) is 2. The Hall–Kier alpha value is -3.86. The van der Waals surface area contributed by atoms with Gasteiger partial charge in [-0.3, -0.25) is 9.59 Å². The summed E-state index contributed by atoms with van der Waals surface area (Å²) in [4.78, 5) is 40.1. The first-order chi connectivity index (χ1) is 17.3. The van der Waals surface area contributed by atoms with E-state index in [1.165, 1.54) is 0 Å². The minimum absolute atomic E-state index is 0.0551. The number of nitriles is 1. The highest BCUT2D eigenvalue weighted by Gasteiger charge is 2.39. The molecule has 36 heavy (non-hydrogen) atoms. The second-order valence-electron chi connectivity index (χ2n) is 9.60. The molecule has 0 saturated carbocycles. The van der Waals surface area contributed by atoms with Crippen molar-refractivity contribution in [2.75, 3.05) is 6.54 Å². The number of alkyl carbamates (subject to hydrolysis) is 1. The second-order valence-corrected chi connectivity index (χ2v) is 9.60. The summed E-state index contributed by atoms with van der Waals surface area (Å²) in [6, 6.07) is 21.3. The van der Waals surface area contributed by atoms with E-state index >= 15 is 0 Å². The first-order valence-electron chi connectivity index (χ1n) is 12.3. The van der Waals surface area contributed by atoms with Gasteiger partial charge in [-0.05, 0) is 29.9 Å². The van der Waals surface area contributed by atoms with Crippen molar-refractivity contribution >= 4 is 17.9 Å². The van der Waals surface area contributed by atoms with E-state index in [1.54, 1.807) is 4.90 Å². The maximum atomic E-state index is 13.2. The van der Waals surface area contributed by atoms with Gasteiger partial charge in [-0.25, -0.2) is 4.79 Å². The maximum absolute atomic E-state index is 13.2. The number of hydrogen-bond donors (Lipinski definition) is 2. The first kappa shape index (κ1) is 26.7. The molecule has 2 aromatic carbocycles. The molecule has 1 fully saturated rings. The molecule has 8 nitrogen and oxygen atoms in total. The van der Waals surface area contributed by atoms with E-state index in [0.717, 1.165) is 11.1 Å². The van der Waals surface area contributed by atoms with Gasteiger partial charge in [0.1, 0.15) is 5.54 Å². The number of carbonyl (C=O) groups excluding carboxylic acids is 3. The number of amides is 3. The molecule has 0 radical (unpaired) electrons. The molecule has 2 aromatic rings. The van der Waals surface area contributed by atoms with Gasteiger partial charge in [0, 0.05) is 32.5 Å². The van der Waals surface area contributed by atoms with Crippen LogP contribution in [0.15, 0.2) is 60.7 Å². The second kappa shape index (κ2) is 12.7. The van der Waals surface area contributed by atoms with Crippen molar-refractivity contribution in [2.24, 2.45) is 5.92 Å². The molecule has 3 amide bonds. The molecular weight excluding hydrogens is 456 g/mol. The molecule has 190 valence electrons. The lowest BCUT2D eigenvalue weighted by Crippen LogP contribution is -2.52. The molecule has 2 N–H and O–H groups in total. The van der Waals surface area contributed by atoms with Gasteiger partial charge in [0.25, 0.3) is 5.91 Å². The van der Waals surface area contributed by atoms with Crippen LogP contribution in [0.1, 0.15) is 50.7 Å². The van der Waals surface area contributed by atoms with E-state index < -0.39 is 23.6 Å². The van der Waals surface area contributed by atoms with E-state index in [4.69, 9.17) is 4.74 Å². The lowest BCUT2D eigenvalue weighted by molar-refractivity contribution is -0.132. The summed E-state index contributed by atoms with van der Waals surface area (Å²) in [6.45, 7) is 4.93. The van der Waals surface area contributed by atoms with Gasteiger partial charge in [0.2, 0.25) is 5.91 Å². The number of benzene rings is 2. The maximum Gasteiger partial charge on any atom is 0.408 e. The van der Waals surface area contributed by atoms with Gasteiger partial charge in [-0.1, -0.05) is 74.5 Å². The summed E-state index contributed by atoms with van der Waals surface area (Å²) in [6.07, 6.45) is -0.795. The number of likely N-dealkylation sites (tertiary alicyclic amines) is 1. The number of hydrogen-bond acceptors (Lipinski definition) is 5. The minimum atomic E-state index is -1.21. The molecule has 1 aliphatic heterocycles. The van der Waals surface area contributed by atoms with Crippen molar-refractivity contribution in [2.45, 2.75) is 64.3 Å². The van der Waals surface area contributed by atoms with Crippen LogP contribution in [-0.4, -0.2) is 41.0 Å². The van der Waals surface area contributed by atoms with Gasteiger partial charge in [-0.15, -0.1) is 0 Å². The zero-order valence-corrected chi connectivity index (χ0v) is 20.9. The van der Waals surface area contributed by atoms with Crippen LogP contribution in [0.2, 0.25) is 0 Å². The average Bonchev–Trinajstić information content (AvgIpc) is 3.03. The van der Waals surface area contributed by atoms with Gasteiger partial charge < -0.3 is 20.3 Å². The number of rotatable bonds is 9. The number of carbonyl (C=O) groups is 3. The van der Waals surface area contributed by atoms with Crippen molar-refractivity contribution in [3.05, 3.63) is 71.8 Å². The third kappa shape index (κ3) is 7.84. The van der Waals surface area contributed by atoms with Gasteiger partial charge in [0.15, 0.2) is 6.10 Å².